The Balaban J connectivity index is 2.13. The fourth-order valence-corrected chi connectivity index (χ4v) is 2.45. The number of para-hydroxylation sites is 1. The smallest absolute Gasteiger partial charge is 0.195 e. The van der Waals surface area contributed by atoms with Gasteiger partial charge >= 0.3 is 0 Å². The predicted molar refractivity (Wildman–Crippen MR) is 82.9 cm³/mol. The molecule has 0 unspecified atom stereocenters. The van der Waals surface area contributed by atoms with Crippen LogP contribution in [-0.4, -0.2) is 17.9 Å². The van der Waals surface area contributed by atoms with Crippen LogP contribution in [0.3, 0.4) is 0 Å². The summed E-state index contributed by atoms with van der Waals surface area (Å²) >= 11 is 0. The number of rotatable bonds is 3. The SMILES string of the molecule is COc1ccc(C(=O)c2cccc3cccnc23)c(C)c1. The predicted octanol–water partition coefficient (Wildman–Crippen LogP) is 3.78. The molecule has 1 heterocycles. The van der Waals surface area contributed by atoms with E-state index in [4.69, 9.17) is 4.74 Å². The maximum atomic E-state index is 12.8. The van der Waals surface area contributed by atoms with Gasteiger partial charge in [0.1, 0.15) is 5.75 Å². The molecule has 0 saturated carbocycles. The number of ether oxygens (including phenoxy) is 1. The Bertz CT molecular complexity index is 819. The second-order valence-electron chi connectivity index (χ2n) is 4.89. The Morgan fingerprint density at radius 2 is 1.86 bits per heavy atom. The van der Waals surface area contributed by atoms with Gasteiger partial charge in [-0.3, -0.25) is 9.78 Å². The fourth-order valence-electron chi connectivity index (χ4n) is 2.45. The van der Waals surface area contributed by atoms with Crippen molar-refractivity contribution in [2.45, 2.75) is 6.92 Å². The molecule has 1 aromatic heterocycles. The Morgan fingerprint density at radius 1 is 1.05 bits per heavy atom. The first-order chi connectivity index (χ1) is 10.2. The van der Waals surface area contributed by atoms with Crippen molar-refractivity contribution in [1.82, 2.24) is 4.98 Å². The van der Waals surface area contributed by atoms with Gasteiger partial charge in [0.25, 0.3) is 0 Å². The lowest BCUT2D eigenvalue weighted by molar-refractivity contribution is 0.103. The number of benzene rings is 2. The van der Waals surface area contributed by atoms with Gasteiger partial charge < -0.3 is 4.74 Å². The molecule has 3 nitrogen and oxygen atoms in total. The maximum absolute atomic E-state index is 12.8. The molecular weight excluding hydrogens is 262 g/mol. The third-order valence-electron chi connectivity index (χ3n) is 3.56. The van der Waals surface area contributed by atoms with E-state index in [0.717, 1.165) is 22.2 Å². The molecule has 3 aromatic rings. The van der Waals surface area contributed by atoms with E-state index in [9.17, 15) is 4.79 Å². The normalized spacial score (nSPS) is 10.6. The van der Waals surface area contributed by atoms with E-state index in [-0.39, 0.29) is 5.78 Å². The Hall–Kier alpha value is -2.68. The zero-order chi connectivity index (χ0) is 14.8. The second kappa shape index (κ2) is 5.37. The molecule has 0 saturated heterocycles. The largest absolute Gasteiger partial charge is 0.497 e. The fraction of sp³-hybridized carbons (Fsp3) is 0.111. The molecule has 2 aromatic carbocycles. The summed E-state index contributed by atoms with van der Waals surface area (Å²) in [5, 5.41) is 0.967. The first-order valence-corrected chi connectivity index (χ1v) is 6.74. The molecule has 3 heteroatoms. The highest BCUT2D eigenvalue weighted by atomic mass is 16.5. The third-order valence-corrected chi connectivity index (χ3v) is 3.56. The molecular formula is C18H15NO2. The Labute approximate surface area is 123 Å². The minimum Gasteiger partial charge on any atom is -0.497 e. The topological polar surface area (TPSA) is 39.2 Å². The van der Waals surface area contributed by atoms with E-state index >= 15 is 0 Å². The van der Waals surface area contributed by atoms with E-state index in [1.807, 2.05) is 43.3 Å². The number of aryl methyl sites for hydroxylation is 1. The van der Waals surface area contributed by atoms with Gasteiger partial charge in [-0.25, -0.2) is 0 Å². The minimum absolute atomic E-state index is 0.0144. The number of fused-ring (bicyclic) bond motifs is 1. The van der Waals surface area contributed by atoms with Crippen molar-refractivity contribution in [1.29, 1.82) is 0 Å². The van der Waals surface area contributed by atoms with Gasteiger partial charge in [0.05, 0.1) is 12.6 Å². The van der Waals surface area contributed by atoms with Gasteiger partial charge in [0, 0.05) is 22.7 Å². The van der Waals surface area contributed by atoms with Crippen LogP contribution in [0, 0.1) is 6.92 Å². The number of aromatic nitrogens is 1. The molecule has 0 aliphatic rings. The van der Waals surface area contributed by atoms with Crippen molar-refractivity contribution in [3.8, 4) is 5.75 Å². The molecule has 0 aliphatic carbocycles. The summed E-state index contributed by atoms with van der Waals surface area (Å²) in [4.78, 5) is 17.1. The van der Waals surface area contributed by atoms with E-state index in [2.05, 4.69) is 4.98 Å². The molecule has 0 fully saturated rings. The van der Waals surface area contributed by atoms with Gasteiger partial charge in [0.15, 0.2) is 5.78 Å². The summed E-state index contributed by atoms with van der Waals surface area (Å²) in [6, 6.07) is 15.0. The molecule has 0 aliphatic heterocycles. The summed E-state index contributed by atoms with van der Waals surface area (Å²) in [7, 11) is 1.62. The van der Waals surface area contributed by atoms with Gasteiger partial charge in [-0.1, -0.05) is 18.2 Å². The van der Waals surface area contributed by atoms with Crippen molar-refractivity contribution in [3.05, 3.63) is 71.4 Å². The quantitative estimate of drug-likeness (QED) is 0.684. The van der Waals surface area contributed by atoms with Crippen LogP contribution in [0.25, 0.3) is 10.9 Å². The third kappa shape index (κ3) is 2.38. The van der Waals surface area contributed by atoms with Gasteiger partial charge in [-0.05, 0) is 42.8 Å². The number of methoxy groups -OCH3 is 1. The van der Waals surface area contributed by atoms with Crippen LogP contribution < -0.4 is 4.74 Å². The van der Waals surface area contributed by atoms with Crippen LogP contribution in [0.2, 0.25) is 0 Å². The molecule has 0 atom stereocenters. The number of nitrogens with zero attached hydrogens (tertiary/aromatic N) is 1. The molecule has 0 bridgehead atoms. The van der Waals surface area contributed by atoms with Gasteiger partial charge in [-0.2, -0.15) is 0 Å². The average molecular weight is 277 g/mol. The average Bonchev–Trinajstić information content (AvgIpc) is 2.53. The Morgan fingerprint density at radius 3 is 2.62 bits per heavy atom. The lowest BCUT2D eigenvalue weighted by Gasteiger charge is -2.09. The molecule has 21 heavy (non-hydrogen) atoms. The van der Waals surface area contributed by atoms with Crippen LogP contribution in [0.1, 0.15) is 21.5 Å². The minimum atomic E-state index is -0.0144. The monoisotopic (exact) mass is 277 g/mol. The standard InChI is InChI=1S/C18H15NO2/c1-12-11-14(21-2)8-9-15(12)18(20)16-7-3-5-13-6-4-10-19-17(13)16/h3-11H,1-2H3. The van der Waals surface area contributed by atoms with E-state index in [1.165, 1.54) is 0 Å². The molecule has 0 spiro atoms. The van der Waals surface area contributed by atoms with Crippen molar-refractivity contribution in [2.24, 2.45) is 0 Å². The van der Waals surface area contributed by atoms with Crippen molar-refractivity contribution < 1.29 is 9.53 Å². The number of carbonyl (C=O) groups is 1. The van der Waals surface area contributed by atoms with Crippen LogP contribution in [0.4, 0.5) is 0 Å². The highest BCUT2D eigenvalue weighted by molar-refractivity contribution is 6.16. The Kier molecular flexibility index (Phi) is 3.40. The number of hydrogen-bond acceptors (Lipinski definition) is 3. The zero-order valence-electron chi connectivity index (χ0n) is 12.0. The highest BCUT2D eigenvalue weighted by Crippen LogP contribution is 2.23. The molecule has 3 rings (SSSR count). The van der Waals surface area contributed by atoms with Crippen LogP contribution in [0.5, 0.6) is 5.75 Å². The number of pyridine rings is 1. The second-order valence-corrected chi connectivity index (χ2v) is 4.89. The number of ketones is 1. The van der Waals surface area contributed by atoms with Crippen LogP contribution >= 0.6 is 0 Å². The van der Waals surface area contributed by atoms with E-state index in [1.54, 1.807) is 25.4 Å². The van der Waals surface area contributed by atoms with Crippen LogP contribution in [-0.2, 0) is 0 Å². The zero-order valence-corrected chi connectivity index (χ0v) is 12.0. The van der Waals surface area contributed by atoms with Gasteiger partial charge in [0.2, 0.25) is 0 Å². The van der Waals surface area contributed by atoms with Crippen molar-refractivity contribution in [2.75, 3.05) is 7.11 Å². The summed E-state index contributed by atoms with van der Waals surface area (Å²) < 4.78 is 5.18. The van der Waals surface area contributed by atoms with Crippen LogP contribution in [0.15, 0.2) is 54.7 Å². The van der Waals surface area contributed by atoms with E-state index in [0.29, 0.717) is 11.1 Å². The first kappa shape index (κ1) is 13.3. The summed E-state index contributed by atoms with van der Waals surface area (Å²) in [6.45, 7) is 1.91. The molecule has 0 N–H and O–H groups in total. The number of hydrogen-bond donors (Lipinski definition) is 0. The maximum Gasteiger partial charge on any atom is 0.195 e. The lowest BCUT2D eigenvalue weighted by Crippen LogP contribution is -2.05. The van der Waals surface area contributed by atoms with Crippen molar-refractivity contribution in [3.63, 3.8) is 0 Å². The number of carbonyl (C=O) groups excluding carboxylic acids is 1. The molecule has 0 radical (unpaired) electrons. The summed E-state index contributed by atoms with van der Waals surface area (Å²) in [5.41, 5.74) is 2.93. The summed E-state index contributed by atoms with van der Waals surface area (Å²) in [6.07, 6.45) is 1.71. The van der Waals surface area contributed by atoms with Crippen molar-refractivity contribution >= 4 is 16.7 Å². The lowest BCUT2D eigenvalue weighted by atomic mass is 9.97. The summed E-state index contributed by atoms with van der Waals surface area (Å²) in [5.74, 6) is 0.736. The highest BCUT2D eigenvalue weighted by Gasteiger charge is 2.15. The van der Waals surface area contributed by atoms with Gasteiger partial charge in [-0.15, -0.1) is 0 Å². The molecule has 104 valence electrons. The first-order valence-electron chi connectivity index (χ1n) is 6.74. The van der Waals surface area contributed by atoms with E-state index < -0.39 is 0 Å². The molecule has 0 amide bonds.